The Bertz CT molecular complexity index is 1130. The first kappa shape index (κ1) is 23.1. The van der Waals surface area contributed by atoms with Crippen molar-refractivity contribution in [3.63, 3.8) is 0 Å². The van der Waals surface area contributed by atoms with Crippen LogP contribution < -0.4 is 20.5 Å². The number of halogens is 1. The van der Waals surface area contributed by atoms with E-state index in [0.717, 1.165) is 16.9 Å². The summed E-state index contributed by atoms with van der Waals surface area (Å²) >= 11 is 6.12. The molecule has 8 nitrogen and oxygen atoms in total. The lowest BCUT2D eigenvalue weighted by molar-refractivity contribution is -0.119. The number of hydrogen-bond donors (Lipinski definition) is 2. The van der Waals surface area contributed by atoms with Gasteiger partial charge in [0.1, 0.15) is 0 Å². The van der Waals surface area contributed by atoms with Gasteiger partial charge in [-0.15, -0.1) is 0 Å². The van der Waals surface area contributed by atoms with E-state index >= 15 is 0 Å². The Balaban J connectivity index is 1.77. The van der Waals surface area contributed by atoms with Crippen molar-refractivity contribution in [2.24, 2.45) is 5.73 Å². The molecule has 168 valence electrons. The van der Waals surface area contributed by atoms with E-state index < -0.39 is 5.91 Å². The van der Waals surface area contributed by atoms with E-state index in [1.54, 1.807) is 41.2 Å². The maximum absolute atomic E-state index is 13.0. The number of nitrogens with zero attached hydrogens (tertiary/aromatic N) is 2. The number of primary amides is 1. The molecule has 0 atom stereocenters. The minimum Gasteiger partial charge on any atom is -0.493 e. The Morgan fingerprint density at radius 2 is 1.97 bits per heavy atom. The number of nitrogens with two attached hydrogens (primary N) is 1. The summed E-state index contributed by atoms with van der Waals surface area (Å²) in [6, 6.07) is 12.5. The Kier molecular flexibility index (Phi) is 7.37. The highest BCUT2D eigenvalue weighted by Crippen LogP contribution is 2.28. The molecule has 2 aromatic carbocycles. The van der Waals surface area contributed by atoms with Gasteiger partial charge in [-0.3, -0.25) is 9.59 Å². The molecule has 2 amide bonds. The van der Waals surface area contributed by atoms with Crippen LogP contribution in [0.25, 0.3) is 5.69 Å². The summed E-state index contributed by atoms with van der Waals surface area (Å²) in [6.45, 7) is 4.03. The summed E-state index contributed by atoms with van der Waals surface area (Å²) in [5.41, 5.74) is 7.98. The zero-order valence-electron chi connectivity index (χ0n) is 18.1. The summed E-state index contributed by atoms with van der Waals surface area (Å²) in [6.07, 6.45) is 1.56. The van der Waals surface area contributed by atoms with Crippen molar-refractivity contribution >= 4 is 23.4 Å². The molecule has 1 heterocycles. The number of carbonyl (C=O) groups is 2. The standard InChI is InChI=1S/C23H25ClN4O4/c1-14(2)22-18(12-27-28(22)17-6-4-5-16(24)10-17)23(30)26-11-15-7-8-19(20(9-15)31-3)32-13-21(25)29/h4-10,12,14H,11,13H2,1-3H3,(H2,25,29)(H,26,30). The molecule has 0 fully saturated rings. The molecular formula is C23H25ClN4O4. The molecule has 0 saturated heterocycles. The van der Waals surface area contributed by atoms with Crippen LogP contribution in [0.3, 0.4) is 0 Å². The summed E-state index contributed by atoms with van der Waals surface area (Å²) in [4.78, 5) is 23.9. The third-order valence-electron chi connectivity index (χ3n) is 4.70. The number of aromatic nitrogens is 2. The topological polar surface area (TPSA) is 108 Å². The molecule has 0 bridgehead atoms. The number of nitrogens with one attached hydrogen (secondary N) is 1. The van der Waals surface area contributed by atoms with Crippen molar-refractivity contribution in [2.75, 3.05) is 13.7 Å². The Labute approximate surface area is 191 Å². The first-order chi connectivity index (χ1) is 15.3. The highest BCUT2D eigenvalue weighted by atomic mass is 35.5. The number of ether oxygens (including phenoxy) is 2. The molecule has 32 heavy (non-hydrogen) atoms. The molecule has 0 unspecified atom stereocenters. The molecule has 9 heteroatoms. The van der Waals surface area contributed by atoms with Gasteiger partial charge in [0.15, 0.2) is 18.1 Å². The van der Waals surface area contributed by atoms with Crippen LogP contribution in [0, 0.1) is 0 Å². The third kappa shape index (κ3) is 5.39. The minimum atomic E-state index is -0.581. The van der Waals surface area contributed by atoms with E-state index in [9.17, 15) is 9.59 Å². The molecule has 0 radical (unpaired) electrons. The molecule has 3 N–H and O–H groups in total. The van der Waals surface area contributed by atoms with Crippen LogP contribution in [0.5, 0.6) is 11.5 Å². The van der Waals surface area contributed by atoms with Crippen LogP contribution in [0.2, 0.25) is 5.02 Å². The van der Waals surface area contributed by atoms with Crippen LogP contribution in [-0.2, 0) is 11.3 Å². The highest BCUT2D eigenvalue weighted by molar-refractivity contribution is 6.30. The zero-order valence-corrected chi connectivity index (χ0v) is 18.8. The van der Waals surface area contributed by atoms with E-state index in [-0.39, 0.29) is 25.0 Å². The second-order valence-corrected chi connectivity index (χ2v) is 7.85. The van der Waals surface area contributed by atoms with E-state index in [1.807, 2.05) is 26.0 Å². The fraction of sp³-hybridized carbons (Fsp3) is 0.261. The molecule has 0 aliphatic carbocycles. The first-order valence-electron chi connectivity index (χ1n) is 10.00. The van der Waals surface area contributed by atoms with Crippen molar-refractivity contribution in [2.45, 2.75) is 26.3 Å². The van der Waals surface area contributed by atoms with Crippen LogP contribution in [-0.4, -0.2) is 35.3 Å². The first-order valence-corrected chi connectivity index (χ1v) is 10.4. The van der Waals surface area contributed by atoms with Crippen molar-refractivity contribution in [1.82, 2.24) is 15.1 Å². The van der Waals surface area contributed by atoms with Crippen molar-refractivity contribution in [3.05, 3.63) is 70.5 Å². The van der Waals surface area contributed by atoms with Gasteiger partial charge in [0.2, 0.25) is 0 Å². The lowest BCUT2D eigenvalue weighted by atomic mass is 10.0. The van der Waals surface area contributed by atoms with Gasteiger partial charge in [0, 0.05) is 11.6 Å². The number of hydrogen-bond acceptors (Lipinski definition) is 5. The van der Waals surface area contributed by atoms with Gasteiger partial charge in [0.05, 0.1) is 30.3 Å². The van der Waals surface area contributed by atoms with Crippen LogP contribution in [0.15, 0.2) is 48.7 Å². The fourth-order valence-corrected chi connectivity index (χ4v) is 3.45. The second-order valence-electron chi connectivity index (χ2n) is 7.41. The predicted octanol–water partition coefficient (Wildman–Crippen LogP) is 3.45. The Morgan fingerprint density at radius 1 is 1.19 bits per heavy atom. The number of benzene rings is 2. The second kappa shape index (κ2) is 10.2. The normalized spacial score (nSPS) is 10.8. The van der Waals surface area contributed by atoms with E-state index in [2.05, 4.69) is 10.4 Å². The van der Waals surface area contributed by atoms with Crippen LogP contribution in [0.4, 0.5) is 0 Å². The molecular weight excluding hydrogens is 432 g/mol. The predicted molar refractivity (Wildman–Crippen MR) is 122 cm³/mol. The fourth-order valence-electron chi connectivity index (χ4n) is 3.27. The van der Waals surface area contributed by atoms with E-state index in [4.69, 9.17) is 26.8 Å². The lowest BCUT2D eigenvalue weighted by Gasteiger charge is -2.14. The molecule has 3 rings (SSSR count). The maximum Gasteiger partial charge on any atom is 0.255 e. The average molecular weight is 457 g/mol. The van der Waals surface area contributed by atoms with Crippen molar-refractivity contribution < 1.29 is 19.1 Å². The average Bonchev–Trinajstić information content (AvgIpc) is 3.22. The van der Waals surface area contributed by atoms with Gasteiger partial charge in [-0.1, -0.05) is 37.6 Å². The number of methoxy groups -OCH3 is 1. The van der Waals surface area contributed by atoms with Gasteiger partial charge in [0.25, 0.3) is 11.8 Å². The van der Waals surface area contributed by atoms with Gasteiger partial charge in [-0.05, 0) is 41.8 Å². The van der Waals surface area contributed by atoms with Gasteiger partial charge in [-0.25, -0.2) is 4.68 Å². The van der Waals surface area contributed by atoms with Gasteiger partial charge in [-0.2, -0.15) is 5.10 Å². The zero-order chi connectivity index (χ0) is 23.3. The lowest BCUT2D eigenvalue weighted by Crippen LogP contribution is -2.24. The summed E-state index contributed by atoms with van der Waals surface area (Å²) in [5.74, 6) is 0.0672. The van der Waals surface area contributed by atoms with Crippen molar-refractivity contribution in [1.29, 1.82) is 0 Å². The van der Waals surface area contributed by atoms with Gasteiger partial charge >= 0.3 is 0 Å². The summed E-state index contributed by atoms with van der Waals surface area (Å²) < 4.78 is 12.4. The van der Waals surface area contributed by atoms with E-state index in [1.165, 1.54) is 7.11 Å². The molecule has 0 aliphatic rings. The quantitative estimate of drug-likeness (QED) is 0.512. The monoisotopic (exact) mass is 456 g/mol. The van der Waals surface area contributed by atoms with Gasteiger partial charge < -0.3 is 20.5 Å². The molecule has 0 saturated carbocycles. The van der Waals surface area contributed by atoms with Crippen LogP contribution >= 0.6 is 11.6 Å². The van der Waals surface area contributed by atoms with Crippen LogP contribution in [0.1, 0.15) is 41.4 Å². The number of carbonyl (C=O) groups excluding carboxylic acids is 2. The summed E-state index contributed by atoms with van der Waals surface area (Å²) in [5, 5.41) is 7.93. The molecule has 0 spiro atoms. The smallest absolute Gasteiger partial charge is 0.255 e. The van der Waals surface area contributed by atoms with E-state index in [0.29, 0.717) is 22.1 Å². The molecule has 0 aliphatic heterocycles. The largest absolute Gasteiger partial charge is 0.493 e. The highest BCUT2D eigenvalue weighted by Gasteiger charge is 2.21. The Hall–Kier alpha value is -3.52. The maximum atomic E-state index is 13.0. The number of amides is 2. The Morgan fingerprint density at radius 3 is 2.62 bits per heavy atom. The SMILES string of the molecule is COc1cc(CNC(=O)c2cnn(-c3cccc(Cl)c3)c2C(C)C)ccc1OCC(N)=O. The van der Waals surface area contributed by atoms with Crippen molar-refractivity contribution in [3.8, 4) is 17.2 Å². The summed E-state index contributed by atoms with van der Waals surface area (Å²) in [7, 11) is 1.49. The molecule has 3 aromatic rings. The third-order valence-corrected chi connectivity index (χ3v) is 4.94. The number of rotatable bonds is 9. The minimum absolute atomic E-state index is 0.0546. The molecule has 1 aromatic heterocycles.